The topological polar surface area (TPSA) is 45.2 Å². The van der Waals surface area contributed by atoms with E-state index in [0.29, 0.717) is 5.92 Å². The summed E-state index contributed by atoms with van der Waals surface area (Å²) >= 11 is 1.75. The second-order valence-electron chi connectivity index (χ2n) is 3.87. The molecule has 3 nitrogen and oxygen atoms in total. The van der Waals surface area contributed by atoms with E-state index < -0.39 is 0 Å². The van der Waals surface area contributed by atoms with Crippen LogP contribution in [0.5, 0.6) is 0 Å². The molecular formula is C10H16N2OS. The summed E-state index contributed by atoms with van der Waals surface area (Å²) in [6, 6.07) is 0. The van der Waals surface area contributed by atoms with Gasteiger partial charge in [0.1, 0.15) is 0 Å². The number of rotatable bonds is 3. The molecule has 0 saturated carbocycles. The second-order valence-corrected chi connectivity index (χ2v) is 4.97. The zero-order valence-electron chi connectivity index (χ0n) is 8.36. The van der Waals surface area contributed by atoms with Crippen LogP contribution in [0.1, 0.15) is 35.1 Å². The van der Waals surface area contributed by atoms with Crippen molar-refractivity contribution in [2.24, 2.45) is 0 Å². The first-order chi connectivity index (χ1) is 6.81. The summed E-state index contributed by atoms with van der Waals surface area (Å²) in [4.78, 5) is 5.64. The van der Waals surface area contributed by atoms with Crippen molar-refractivity contribution in [3.8, 4) is 0 Å². The molecule has 1 fully saturated rings. The maximum Gasteiger partial charge on any atom is 0.0971 e. The minimum atomic E-state index is 0.213. The fraction of sp³-hybridized carbons (Fsp3) is 0.700. The van der Waals surface area contributed by atoms with E-state index in [9.17, 15) is 0 Å². The molecule has 0 spiro atoms. The molecule has 1 aliphatic heterocycles. The average Bonchev–Trinajstić information content (AvgIpc) is 2.86. The van der Waals surface area contributed by atoms with Gasteiger partial charge < -0.3 is 10.4 Å². The molecule has 14 heavy (non-hydrogen) atoms. The first kappa shape index (κ1) is 10.1. The van der Waals surface area contributed by atoms with E-state index in [-0.39, 0.29) is 12.5 Å². The van der Waals surface area contributed by atoms with Crippen LogP contribution in [0.4, 0.5) is 0 Å². The van der Waals surface area contributed by atoms with Gasteiger partial charge >= 0.3 is 0 Å². The zero-order valence-corrected chi connectivity index (χ0v) is 9.18. The SMILES string of the molecule is CC(CO)c1cnc(C2CCNC2)s1. The van der Waals surface area contributed by atoms with Gasteiger partial charge in [-0.25, -0.2) is 4.98 Å². The molecule has 1 aromatic rings. The smallest absolute Gasteiger partial charge is 0.0971 e. The molecule has 4 heteroatoms. The molecule has 2 N–H and O–H groups in total. The highest BCUT2D eigenvalue weighted by atomic mass is 32.1. The average molecular weight is 212 g/mol. The van der Waals surface area contributed by atoms with E-state index in [0.717, 1.165) is 13.1 Å². The third-order valence-electron chi connectivity index (χ3n) is 2.71. The normalized spacial score (nSPS) is 24.0. The van der Waals surface area contributed by atoms with E-state index in [1.165, 1.54) is 16.3 Å². The van der Waals surface area contributed by atoms with Gasteiger partial charge in [0.15, 0.2) is 0 Å². The molecule has 0 bridgehead atoms. The number of thiazole rings is 1. The van der Waals surface area contributed by atoms with Gasteiger partial charge in [0, 0.05) is 29.5 Å². The summed E-state index contributed by atoms with van der Waals surface area (Å²) in [5, 5.41) is 13.6. The molecule has 0 aliphatic carbocycles. The Morgan fingerprint density at radius 3 is 3.29 bits per heavy atom. The van der Waals surface area contributed by atoms with Crippen molar-refractivity contribution in [2.45, 2.75) is 25.2 Å². The number of aliphatic hydroxyl groups is 1. The van der Waals surface area contributed by atoms with Crippen molar-refractivity contribution in [1.82, 2.24) is 10.3 Å². The van der Waals surface area contributed by atoms with Crippen LogP contribution < -0.4 is 5.32 Å². The molecule has 0 amide bonds. The van der Waals surface area contributed by atoms with Crippen LogP contribution in [0.25, 0.3) is 0 Å². The Balaban J connectivity index is 2.08. The van der Waals surface area contributed by atoms with Crippen molar-refractivity contribution < 1.29 is 5.11 Å². The minimum absolute atomic E-state index is 0.213. The van der Waals surface area contributed by atoms with Gasteiger partial charge in [0.25, 0.3) is 0 Å². The van der Waals surface area contributed by atoms with Crippen LogP contribution in [-0.4, -0.2) is 29.8 Å². The predicted molar refractivity (Wildman–Crippen MR) is 57.8 cm³/mol. The van der Waals surface area contributed by atoms with Crippen molar-refractivity contribution >= 4 is 11.3 Å². The number of nitrogens with one attached hydrogen (secondary N) is 1. The monoisotopic (exact) mass is 212 g/mol. The molecule has 1 aliphatic rings. The lowest BCUT2D eigenvalue weighted by molar-refractivity contribution is 0.274. The molecule has 78 valence electrons. The van der Waals surface area contributed by atoms with Gasteiger partial charge in [-0.2, -0.15) is 0 Å². The Morgan fingerprint density at radius 1 is 1.79 bits per heavy atom. The lowest BCUT2D eigenvalue weighted by atomic mass is 10.1. The predicted octanol–water partition coefficient (Wildman–Crippen LogP) is 1.32. The Kier molecular flexibility index (Phi) is 3.15. The summed E-state index contributed by atoms with van der Waals surface area (Å²) in [6.07, 6.45) is 3.11. The summed E-state index contributed by atoms with van der Waals surface area (Å²) < 4.78 is 0. The molecular weight excluding hydrogens is 196 g/mol. The largest absolute Gasteiger partial charge is 0.396 e. The Labute approximate surface area is 88.2 Å². The summed E-state index contributed by atoms with van der Waals surface area (Å²) in [6.45, 7) is 4.41. The van der Waals surface area contributed by atoms with E-state index >= 15 is 0 Å². The van der Waals surface area contributed by atoms with Crippen LogP contribution >= 0.6 is 11.3 Å². The van der Waals surface area contributed by atoms with Gasteiger partial charge in [-0.1, -0.05) is 6.92 Å². The highest BCUT2D eigenvalue weighted by molar-refractivity contribution is 7.11. The van der Waals surface area contributed by atoms with Crippen LogP contribution in [0.15, 0.2) is 6.20 Å². The number of aromatic nitrogens is 1. The molecule has 2 rings (SSSR count). The number of hydrogen-bond donors (Lipinski definition) is 2. The Bertz CT molecular complexity index is 294. The van der Waals surface area contributed by atoms with E-state index in [1.807, 2.05) is 13.1 Å². The molecule has 0 aromatic carbocycles. The first-order valence-electron chi connectivity index (χ1n) is 5.08. The Morgan fingerprint density at radius 2 is 2.64 bits per heavy atom. The molecule has 2 atom stereocenters. The van der Waals surface area contributed by atoms with Crippen molar-refractivity contribution in [2.75, 3.05) is 19.7 Å². The van der Waals surface area contributed by atoms with Crippen LogP contribution in [-0.2, 0) is 0 Å². The van der Waals surface area contributed by atoms with Crippen LogP contribution in [0.2, 0.25) is 0 Å². The quantitative estimate of drug-likeness (QED) is 0.794. The minimum Gasteiger partial charge on any atom is -0.396 e. The zero-order chi connectivity index (χ0) is 9.97. The number of nitrogens with zero attached hydrogens (tertiary/aromatic N) is 1. The molecule has 2 heterocycles. The molecule has 1 aromatic heterocycles. The third-order valence-corrected chi connectivity index (χ3v) is 4.10. The fourth-order valence-corrected chi connectivity index (χ4v) is 2.77. The van der Waals surface area contributed by atoms with Gasteiger partial charge in [0.2, 0.25) is 0 Å². The van der Waals surface area contributed by atoms with E-state index in [2.05, 4.69) is 10.3 Å². The number of aliphatic hydroxyl groups excluding tert-OH is 1. The van der Waals surface area contributed by atoms with Crippen LogP contribution in [0.3, 0.4) is 0 Å². The highest BCUT2D eigenvalue weighted by Crippen LogP contribution is 2.29. The van der Waals surface area contributed by atoms with Gasteiger partial charge in [-0.05, 0) is 13.0 Å². The lowest BCUT2D eigenvalue weighted by Crippen LogP contribution is -2.07. The third kappa shape index (κ3) is 1.97. The van der Waals surface area contributed by atoms with Crippen molar-refractivity contribution in [3.05, 3.63) is 16.1 Å². The lowest BCUT2D eigenvalue weighted by Gasteiger charge is -2.03. The molecule has 2 unspecified atom stereocenters. The first-order valence-corrected chi connectivity index (χ1v) is 5.90. The highest BCUT2D eigenvalue weighted by Gasteiger charge is 2.20. The number of hydrogen-bond acceptors (Lipinski definition) is 4. The van der Waals surface area contributed by atoms with Gasteiger partial charge in [-0.3, -0.25) is 0 Å². The Hall–Kier alpha value is -0.450. The van der Waals surface area contributed by atoms with Crippen LogP contribution in [0, 0.1) is 0 Å². The summed E-state index contributed by atoms with van der Waals surface area (Å²) in [5.74, 6) is 0.829. The van der Waals surface area contributed by atoms with Crippen molar-refractivity contribution in [1.29, 1.82) is 0 Å². The maximum atomic E-state index is 9.03. The fourth-order valence-electron chi connectivity index (χ4n) is 1.67. The van der Waals surface area contributed by atoms with Gasteiger partial charge in [-0.15, -0.1) is 11.3 Å². The van der Waals surface area contributed by atoms with E-state index in [4.69, 9.17) is 5.11 Å². The maximum absolute atomic E-state index is 9.03. The standard InChI is InChI=1S/C10H16N2OS/c1-7(6-13)9-5-12-10(14-9)8-2-3-11-4-8/h5,7-8,11,13H,2-4,6H2,1H3. The summed E-state index contributed by atoms with van der Waals surface area (Å²) in [7, 11) is 0. The molecule has 0 radical (unpaired) electrons. The molecule has 1 saturated heterocycles. The summed E-state index contributed by atoms with van der Waals surface area (Å²) in [5.41, 5.74) is 0. The van der Waals surface area contributed by atoms with E-state index in [1.54, 1.807) is 11.3 Å². The second kappa shape index (κ2) is 4.38. The van der Waals surface area contributed by atoms with Gasteiger partial charge in [0.05, 0.1) is 11.6 Å². The van der Waals surface area contributed by atoms with Crippen molar-refractivity contribution in [3.63, 3.8) is 0 Å².